The zero-order valence-corrected chi connectivity index (χ0v) is 10.7. The summed E-state index contributed by atoms with van der Waals surface area (Å²) in [6.45, 7) is 5.27. The molecule has 0 radical (unpaired) electrons. The Morgan fingerprint density at radius 2 is 2.17 bits per heavy atom. The van der Waals surface area contributed by atoms with Gasteiger partial charge in [-0.05, 0) is 24.7 Å². The molecule has 0 bridgehead atoms. The van der Waals surface area contributed by atoms with E-state index in [1.54, 1.807) is 0 Å². The molecule has 5 nitrogen and oxygen atoms in total. The van der Waals surface area contributed by atoms with Gasteiger partial charge in [-0.3, -0.25) is 5.43 Å². The number of H-pyrrole nitrogens is 1. The Balaban J connectivity index is 1.63. The van der Waals surface area contributed by atoms with Gasteiger partial charge in [0.1, 0.15) is 5.65 Å². The Bertz CT molecular complexity index is 513. The molecule has 18 heavy (non-hydrogen) atoms. The molecule has 0 aliphatic carbocycles. The highest BCUT2D eigenvalue weighted by molar-refractivity contribution is 5.79. The van der Waals surface area contributed by atoms with Gasteiger partial charge in [0.25, 0.3) is 0 Å². The van der Waals surface area contributed by atoms with E-state index < -0.39 is 0 Å². The van der Waals surface area contributed by atoms with E-state index in [9.17, 15) is 0 Å². The lowest BCUT2D eigenvalue weighted by molar-refractivity contribution is 0.102. The van der Waals surface area contributed by atoms with Crippen LogP contribution in [0.5, 0.6) is 0 Å². The van der Waals surface area contributed by atoms with Crippen molar-refractivity contribution in [3.8, 4) is 0 Å². The zero-order valence-electron chi connectivity index (χ0n) is 10.7. The maximum atomic E-state index is 4.30. The Labute approximate surface area is 107 Å². The van der Waals surface area contributed by atoms with Crippen LogP contribution in [-0.4, -0.2) is 53.1 Å². The second kappa shape index (κ2) is 5.06. The van der Waals surface area contributed by atoms with Gasteiger partial charge in [-0.2, -0.15) is 0 Å². The molecule has 2 aromatic heterocycles. The number of aromatic amines is 1. The fourth-order valence-corrected chi connectivity index (χ4v) is 2.32. The van der Waals surface area contributed by atoms with Crippen LogP contribution in [0.1, 0.15) is 5.56 Å². The summed E-state index contributed by atoms with van der Waals surface area (Å²) in [6.07, 6.45) is 3.86. The maximum absolute atomic E-state index is 4.30. The summed E-state index contributed by atoms with van der Waals surface area (Å²) in [5.74, 6) is 0. The number of nitrogens with one attached hydrogen (secondary N) is 2. The molecule has 5 heteroatoms. The summed E-state index contributed by atoms with van der Waals surface area (Å²) in [4.78, 5) is 9.86. The number of rotatable bonds is 3. The molecule has 0 aromatic carbocycles. The van der Waals surface area contributed by atoms with Crippen LogP contribution in [0, 0.1) is 0 Å². The van der Waals surface area contributed by atoms with Gasteiger partial charge in [-0.15, -0.1) is 0 Å². The van der Waals surface area contributed by atoms with Crippen molar-refractivity contribution in [3.05, 3.63) is 30.1 Å². The van der Waals surface area contributed by atoms with Crippen LogP contribution < -0.4 is 5.43 Å². The minimum Gasteiger partial charge on any atom is -0.346 e. The minimum atomic E-state index is 0.857. The smallest absolute Gasteiger partial charge is 0.137 e. The molecule has 2 aromatic rings. The van der Waals surface area contributed by atoms with E-state index in [1.165, 1.54) is 10.9 Å². The SMILES string of the molecule is CN1CCN(NCc2c[nH]c3ncccc23)CC1. The highest BCUT2D eigenvalue weighted by Gasteiger charge is 2.13. The number of hydrogen-bond donors (Lipinski definition) is 2. The molecule has 1 aliphatic rings. The molecule has 3 heterocycles. The van der Waals surface area contributed by atoms with Crippen LogP contribution in [0.4, 0.5) is 0 Å². The van der Waals surface area contributed by atoms with Crippen molar-refractivity contribution in [2.75, 3.05) is 33.2 Å². The number of hydrogen-bond acceptors (Lipinski definition) is 4. The molecule has 1 aliphatic heterocycles. The van der Waals surface area contributed by atoms with Crippen molar-refractivity contribution in [2.24, 2.45) is 0 Å². The van der Waals surface area contributed by atoms with Gasteiger partial charge in [0.05, 0.1) is 0 Å². The van der Waals surface area contributed by atoms with Crippen LogP contribution in [0.3, 0.4) is 0 Å². The van der Waals surface area contributed by atoms with Crippen LogP contribution >= 0.6 is 0 Å². The van der Waals surface area contributed by atoms with Gasteiger partial charge in [0.2, 0.25) is 0 Å². The predicted octanol–water partition coefficient (Wildman–Crippen LogP) is 0.815. The second-order valence-electron chi connectivity index (χ2n) is 4.84. The summed E-state index contributed by atoms with van der Waals surface area (Å²) in [7, 11) is 2.17. The van der Waals surface area contributed by atoms with E-state index in [2.05, 4.69) is 38.4 Å². The van der Waals surface area contributed by atoms with Crippen molar-refractivity contribution < 1.29 is 0 Å². The highest BCUT2D eigenvalue weighted by Crippen LogP contribution is 2.15. The molecule has 3 rings (SSSR count). The molecule has 1 saturated heterocycles. The molecule has 2 N–H and O–H groups in total. The average molecular weight is 245 g/mol. The van der Waals surface area contributed by atoms with Gasteiger partial charge in [0.15, 0.2) is 0 Å². The van der Waals surface area contributed by atoms with Crippen molar-refractivity contribution in [3.63, 3.8) is 0 Å². The van der Waals surface area contributed by atoms with Crippen molar-refractivity contribution in [1.29, 1.82) is 0 Å². The topological polar surface area (TPSA) is 47.2 Å². The molecule has 0 amide bonds. The first-order valence-corrected chi connectivity index (χ1v) is 6.41. The molecular formula is C13H19N5. The molecule has 0 saturated carbocycles. The van der Waals surface area contributed by atoms with Gasteiger partial charge in [-0.1, -0.05) is 0 Å². The molecule has 0 spiro atoms. The first kappa shape index (κ1) is 11.6. The van der Waals surface area contributed by atoms with Crippen molar-refractivity contribution in [2.45, 2.75) is 6.54 Å². The first-order chi connectivity index (χ1) is 8.83. The van der Waals surface area contributed by atoms with Crippen LogP contribution in [0.15, 0.2) is 24.5 Å². The zero-order chi connectivity index (χ0) is 12.4. The van der Waals surface area contributed by atoms with Gasteiger partial charge in [0, 0.05) is 50.5 Å². The van der Waals surface area contributed by atoms with Crippen molar-refractivity contribution in [1.82, 2.24) is 25.3 Å². The predicted molar refractivity (Wildman–Crippen MR) is 72.0 cm³/mol. The minimum absolute atomic E-state index is 0.857. The van der Waals surface area contributed by atoms with Crippen LogP contribution in [0.2, 0.25) is 0 Å². The molecule has 1 fully saturated rings. The Morgan fingerprint density at radius 1 is 1.33 bits per heavy atom. The normalized spacial score (nSPS) is 18.5. The van der Waals surface area contributed by atoms with E-state index in [4.69, 9.17) is 0 Å². The number of hydrazine groups is 1. The average Bonchev–Trinajstić information content (AvgIpc) is 2.82. The van der Waals surface area contributed by atoms with Gasteiger partial charge >= 0.3 is 0 Å². The van der Waals surface area contributed by atoms with E-state index in [0.29, 0.717) is 0 Å². The third-order valence-corrected chi connectivity index (χ3v) is 3.53. The quantitative estimate of drug-likeness (QED) is 0.840. The van der Waals surface area contributed by atoms with E-state index in [1.807, 2.05) is 18.5 Å². The lowest BCUT2D eigenvalue weighted by Crippen LogP contribution is -2.50. The molecular weight excluding hydrogens is 226 g/mol. The number of aromatic nitrogens is 2. The van der Waals surface area contributed by atoms with Crippen LogP contribution in [-0.2, 0) is 6.54 Å². The Hall–Kier alpha value is -1.43. The van der Waals surface area contributed by atoms with Gasteiger partial charge < -0.3 is 9.88 Å². The summed E-state index contributed by atoms with van der Waals surface area (Å²) < 4.78 is 0. The fourth-order valence-electron chi connectivity index (χ4n) is 2.32. The highest BCUT2D eigenvalue weighted by atomic mass is 15.5. The largest absolute Gasteiger partial charge is 0.346 e. The van der Waals surface area contributed by atoms with E-state index in [-0.39, 0.29) is 0 Å². The third kappa shape index (κ3) is 2.38. The standard InChI is InChI=1S/C13H19N5/c1-17-5-7-18(8-6-17)16-10-11-9-15-13-12(11)3-2-4-14-13/h2-4,9,16H,5-8,10H2,1H3,(H,14,15). The molecule has 0 unspecified atom stereocenters. The first-order valence-electron chi connectivity index (χ1n) is 6.41. The summed E-state index contributed by atoms with van der Waals surface area (Å²) in [5, 5.41) is 3.51. The number of piperazine rings is 1. The second-order valence-corrected chi connectivity index (χ2v) is 4.84. The third-order valence-electron chi connectivity index (χ3n) is 3.53. The molecule has 0 atom stereocenters. The lowest BCUT2D eigenvalue weighted by atomic mass is 10.2. The maximum Gasteiger partial charge on any atom is 0.137 e. The van der Waals surface area contributed by atoms with E-state index >= 15 is 0 Å². The molecule has 96 valence electrons. The van der Waals surface area contributed by atoms with E-state index in [0.717, 1.165) is 38.4 Å². The number of pyridine rings is 1. The summed E-state index contributed by atoms with van der Waals surface area (Å²) in [5.41, 5.74) is 5.74. The van der Waals surface area contributed by atoms with Crippen LogP contribution in [0.25, 0.3) is 11.0 Å². The number of likely N-dealkylation sites (N-methyl/N-ethyl adjacent to an activating group) is 1. The summed E-state index contributed by atoms with van der Waals surface area (Å²) >= 11 is 0. The number of nitrogens with zero attached hydrogens (tertiary/aromatic N) is 3. The monoisotopic (exact) mass is 245 g/mol. The Morgan fingerprint density at radius 3 is 3.00 bits per heavy atom. The Kier molecular flexibility index (Phi) is 3.27. The lowest BCUT2D eigenvalue weighted by Gasteiger charge is -2.32. The fraction of sp³-hybridized carbons (Fsp3) is 0.462. The summed E-state index contributed by atoms with van der Waals surface area (Å²) in [6, 6.07) is 4.09. The van der Waals surface area contributed by atoms with Gasteiger partial charge in [-0.25, -0.2) is 9.99 Å². The number of fused-ring (bicyclic) bond motifs is 1. The van der Waals surface area contributed by atoms with Crippen molar-refractivity contribution >= 4 is 11.0 Å².